The van der Waals surface area contributed by atoms with Crippen molar-refractivity contribution in [1.29, 1.82) is 0 Å². The predicted molar refractivity (Wildman–Crippen MR) is 63.7 cm³/mol. The number of methoxy groups -OCH3 is 1. The van der Waals surface area contributed by atoms with E-state index in [4.69, 9.17) is 9.15 Å². The SMILES string of the molecule is COC(C)CNc1nccc2oc(C)cc12. The van der Waals surface area contributed by atoms with Crippen molar-refractivity contribution in [3.8, 4) is 0 Å². The molecule has 0 radical (unpaired) electrons. The fourth-order valence-electron chi connectivity index (χ4n) is 1.55. The highest BCUT2D eigenvalue weighted by Crippen LogP contribution is 2.24. The van der Waals surface area contributed by atoms with Crippen molar-refractivity contribution in [1.82, 2.24) is 4.98 Å². The highest BCUT2D eigenvalue weighted by molar-refractivity contribution is 5.88. The summed E-state index contributed by atoms with van der Waals surface area (Å²) in [6.07, 6.45) is 1.90. The Morgan fingerprint density at radius 2 is 2.38 bits per heavy atom. The molecule has 0 saturated carbocycles. The maximum atomic E-state index is 5.53. The minimum absolute atomic E-state index is 0.157. The van der Waals surface area contributed by atoms with E-state index in [-0.39, 0.29) is 6.10 Å². The first-order valence-corrected chi connectivity index (χ1v) is 5.32. The number of aromatic nitrogens is 1. The number of nitrogens with one attached hydrogen (secondary N) is 1. The lowest BCUT2D eigenvalue weighted by atomic mass is 10.3. The number of rotatable bonds is 4. The largest absolute Gasteiger partial charge is 0.461 e. The summed E-state index contributed by atoms with van der Waals surface area (Å²) in [7, 11) is 1.70. The van der Waals surface area contributed by atoms with Gasteiger partial charge in [-0.1, -0.05) is 0 Å². The van der Waals surface area contributed by atoms with Crippen LogP contribution in [0.1, 0.15) is 12.7 Å². The number of nitrogens with zero attached hydrogens (tertiary/aromatic N) is 1. The Hall–Kier alpha value is -1.55. The number of ether oxygens (including phenoxy) is 1. The molecule has 1 N–H and O–H groups in total. The average Bonchev–Trinajstić information content (AvgIpc) is 2.66. The predicted octanol–water partition coefficient (Wildman–Crippen LogP) is 2.58. The third-order valence-electron chi connectivity index (χ3n) is 2.53. The van der Waals surface area contributed by atoms with Crippen LogP contribution >= 0.6 is 0 Å². The van der Waals surface area contributed by atoms with Gasteiger partial charge in [0.05, 0.1) is 11.5 Å². The first kappa shape index (κ1) is 11.0. The van der Waals surface area contributed by atoms with Gasteiger partial charge in [0.15, 0.2) is 0 Å². The molecule has 86 valence electrons. The van der Waals surface area contributed by atoms with E-state index >= 15 is 0 Å². The van der Waals surface area contributed by atoms with Crippen LogP contribution < -0.4 is 5.32 Å². The molecule has 0 spiro atoms. The van der Waals surface area contributed by atoms with Gasteiger partial charge in [-0.25, -0.2) is 4.98 Å². The molecule has 0 saturated heterocycles. The van der Waals surface area contributed by atoms with Gasteiger partial charge in [-0.15, -0.1) is 0 Å². The zero-order chi connectivity index (χ0) is 11.5. The van der Waals surface area contributed by atoms with Crippen molar-refractivity contribution in [3.63, 3.8) is 0 Å². The second-order valence-corrected chi connectivity index (χ2v) is 3.86. The minimum Gasteiger partial charge on any atom is -0.461 e. The molecule has 0 fully saturated rings. The summed E-state index contributed by atoms with van der Waals surface area (Å²) in [5, 5.41) is 4.27. The lowest BCUT2D eigenvalue weighted by Crippen LogP contribution is -2.18. The maximum Gasteiger partial charge on any atom is 0.139 e. The standard InChI is InChI=1S/C12H16N2O2/c1-8-6-10-11(16-8)4-5-13-12(10)14-7-9(2)15-3/h4-6,9H,7H2,1-3H3,(H,13,14). The third kappa shape index (κ3) is 2.17. The Morgan fingerprint density at radius 3 is 3.12 bits per heavy atom. The molecule has 2 aromatic heterocycles. The number of fused-ring (bicyclic) bond motifs is 1. The van der Waals surface area contributed by atoms with E-state index in [1.165, 1.54) is 0 Å². The summed E-state index contributed by atoms with van der Waals surface area (Å²) < 4.78 is 10.7. The van der Waals surface area contributed by atoms with Gasteiger partial charge in [0.1, 0.15) is 17.2 Å². The lowest BCUT2D eigenvalue weighted by Gasteiger charge is -2.11. The van der Waals surface area contributed by atoms with E-state index in [0.29, 0.717) is 0 Å². The maximum absolute atomic E-state index is 5.53. The summed E-state index contributed by atoms with van der Waals surface area (Å²) in [5.74, 6) is 1.74. The Labute approximate surface area is 94.6 Å². The Kier molecular flexibility index (Phi) is 3.10. The number of aryl methyl sites for hydroxylation is 1. The van der Waals surface area contributed by atoms with E-state index in [9.17, 15) is 0 Å². The quantitative estimate of drug-likeness (QED) is 0.860. The zero-order valence-corrected chi connectivity index (χ0v) is 9.78. The number of furan rings is 1. The summed E-state index contributed by atoms with van der Waals surface area (Å²) in [6, 6.07) is 3.86. The molecule has 0 amide bonds. The molecule has 1 atom stereocenters. The van der Waals surface area contributed by atoms with Crippen molar-refractivity contribution in [2.75, 3.05) is 19.0 Å². The second-order valence-electron chi connectivity index (χ2n) is 3.86. The van der Waals surface area contributed by atoms with E-state index in [0.717, 1.165) is 29.1 Å². The van der Waals surface area contributed by atoms with Gasteiger partial charge in [-0.05, 0) is 26.0 Å². The Morgan fingerprint density at radius 1 is 1.56 bits per heavy atom. The smallest absolute Gasteiger partial charge is 0.139 e. The van der Waals surface area contributed by atoms with E-state index in [2.05, 4.69) is 10.3 Å². The average molecular weight is 220 g/mol. The fraction of sp³-hybridized carbons (Fsp3) is 0.417. The number of anilines is 1. The topological polar surface area (TPSA) is 47.3 Å². The van der Waals surface area contributed by atoms with Gasteiger partial charge in [0.2, 0.25) is 0 Å². The van der Waals surface area contributed by atoms with Crippen LogP contribution in [0.25, 0.3) is 11.0 Å². The van der Waals surface area contributed by atoms with Crippen LogP contribution in [0.5, 0.6) is 0 Å². The van der Waals surface area contributed by atoms with Gasteiger partial charge < -0.3 is 14.5 Å². The summed E-state index contributed by atoms with van der Waals surface area (Å²) in [6.45, 7) is 4.67. The molecule has 0 aromatic carbocycles. The molecule has 2 aromatic rings. The number of hydrogen-bond acceptors (Lipinski definition) is 4. The molecule has 1 unspecified atom stereocenters. The van der Waals surface area contributed by atoms with Crippen LogP contribution in [0, 0.1) is 6.92 Å². The molecular formula is C12H16N2O2. The summed E-state index contributed by atoms with van der Waals surface area (Å²) in [5.41, 5.74) is 0.861. The van der Waals surface area contributed by atoms with E-state index in [1.54, 1.807) is 13.3 Å². The molecule has 0 bridgehead atoms. The van der Waals surface area contributed by atoms with Crippen molar-refractivity contribution in [2.24, 2.45) is 0 Å². The van der Waals surface area contributed by atoms with Gasteiger partial charge in [0.25, 0.3) is 0 Å². The number of pyridine rings is 1. The summed E-state index contributed by atoms with van der Waals surface area (Å²) in [4.78, 5) is 4.30. The van der Waals surface area contributed by atoms with Gasteiger partial charge in [0, 0.05) is 19.9 Å². The Bertz CT molecular complexity index is 479. The van der Waals surface area contributed by atoms with E-state index in [1.807, 2.05) is 26.0 Å². The van der Waals surface area contributed by atoms with Crippen molar-refractivity contribution < 1.29 is 9.15 Å². The third-order valence-corrected chi connectivity index (χ3v) is 2.53. The van der Waals surface area contributed by atoms with Crippen molar-refractivity contribution in [3.05, 3.63) is 24.1 Å². The molecule has 0 aliphatic carbocycles. The van der Waals surface area contributed by atoms with E-state index < -0.39 is 0 Å². The zero-order valence-electron chi connectivity index (χ0n) is 9.78. The van der Waals surface area contributed by atoms with Crippen LogP contribution in [-0.2, 0) is 4.74 Å². The van der Waals surface area contributed by atoms with Crippen LogP contribution in [0.15, 0.2) is 22.7 Å². The van der Waals surface area contributed by atoms with Crippen molar-refractivity contribution >= 4 is 16.8 Å². The molecule has 4 nitrogen and oxygen atoms in total. The highest BCUT2D eigenvalue weighted by Gasteiger charge is 2.07. The van der Waals surface area contributed by atoms with Crippen LogP contribution in [-0.4, -0.2) is 24.7 Å². The number of hydrogen-bond donors (Lipinski definition) is 1. The molecule has 2 rings (SSSR count). The normalized spacial score (nSPS) is 12.9. The lowest BCUT2D eigenvalue weighted by molar-refractivity contribution is 0.128. The van der Waals surface area contributed by atoms with Gasteiger partial charge >= 0.3 is 0 Å². The molecule has 2 heterocycles. The second kappa shape index (κ2) is 4.53. The monoisotopic (exact) mass is 220 g/mol. The van der Waals surface area contributed by atoms with Crippen molar-refractivity contribution in [2.45, 2.75) is 20.0 Å². The molecule has 16 heavy (non-hydrogen) atoms. The van der Waals surface area contributed by atoms with Crippen LogP contribution in [0.4, 0.5) is 5.82 Å². The van der Waals surface area contributed by atoms with Gasteiger partial charge in [-0.3, -0.25) is 0 Å². The van der Waals surface area contributed by atoms with Gasteiger partial charge in [-0.2, -0.15) is 0 Å². The minimum atomic E-state index is 0.157. The fourth-order valence-corrected chi connectivity index (χ4v) is 1.55. The van der Waals surface area contributed by atoms with Crippen LogP contribution in [0.2, 0.25) is 0 Å². The van der Waals surface area contributed by atoms with Crippen LogP contribution in [0.3, 0.4) is 0 Å². The molecule has 4 heteroatoms. The first-order valence-electron chi connectivity index (χ1n) is 5.32. The molecule has 0 aliphatic heterocycles. The molecular weight excluding hydrogens is 204 g/mol. The molecule has 0 aliphatic rings. The first-order chi connectivity index (χ1) is 7.70. The summed E-state index contributed by atoms with van der Waals surface area (Å²) >= 11 is 0. The highest BCUT2D eigenvalue weighted by atomic mass is 16.5. The Balaban J connectivity index is 2.23.